The fourth-order valence-electron chi connectivity index (χ4n) is 3.30. The monoisotopic (exact) mass is 498 g/mol. The minimum Gasteiger partial charge on any atom is -0.378 e. The van der Waals surface area contributed by atoms with Gasteiger partial charge in [-0.1, -0.05) is 12.1 Å². The van der Waals surface area contributed by atoms with Gasteiger partial charge in [0.05, 0.1) is 18.9 Å². The molecule has 1 aliphatic heterocycles. The van der Waals surface area contributed by atoms with E-state index in [9.17, 15) is 0 Å². The molecule has 1 aromatic heterocycles. The van der Waals surface area contributed by atoms with Crippen LogP contribution in [0.4, 0.5) is 5.69 Å². The molecule has 154 valence electrons. The van der Waals surface area contributed by atoms with Crippen LogP contribution in [0.5, 0.6) is 0 Å². The molecule has 0 atom stereocenters. The maximum Gasteiger partial charge on any atom is 0.191 e. The quantitative estimate of drug-likeness (QED) is 0.377. The molecule has 0 radical (unpaired) electrons. The summed E-state index contributed by atoms with van der Waals surface area (Å²) in [6, 6.07) is 8.70. The molecule has 1 saturated heterocycles. The number of benzene rings is 1. The zero-order valence-electron chi connectivity index (χ0n) is 17.2. The molecular weight excluding hydrogens is 467 g/mol. The highest BCUT2D eigenvalue weighted by Crippen LogP contribution is 2.16. The van der Waals surface area contributed by atoms with Crippen molar-refractivity contribution in [3.05, 3.63) is 46.8 Å². The highest BCUT2D eigenvalue weighted by molar-refractivity contribution is 14.0. The van der Waals surface area contributed by atoms with Crippen LogP contribution in [-0.2, 0) is 24.9 Å². The third-order valence-electron chi connectivity index (χ3n) is 5.09. The number of aromatic nitrogens is 2. The van der Waals surface area contributed by atoms with Gasteiger partial charge < -0.3 is 20.3 Å². The number of nitrogens with zero attached hydrogens (tertiary/aromatic N) is 4. The molecule has 0 aliphatic carbocycles. The third-order valence-corrected chi connectivity index (χ3v) is 5.09. The van der Waals surface area contributed by atoms with Gasteiger partial charge in [-0.3, -0.25) is 9.67 Å². The largest absolute Gasteiger partial charge is 0.378 e. The number of hydrogen-bond acceptors (Lipinski definition) is 4. The van der Waals surface area contributed by atoms with Crippen LogP contribution < -0.4 is 15.5 Å². The van der Waals surface area contributed by atoms with Crippen molar-refractivity contribution in [3.63, 3.8) is 0 Å². The SMILES string of the molecule is CN=C(NCc1ccc(N2CCOCC2)cc1)NCc1c(C)nn(C)c1C.I. The van der Waals surface area contributed by atoms with Gasteiger partial charge in [0.25, 0.3) is 0 Å². The average Bonchev–Trinajstić information content (AvgIpc) is 2.95. The van der Waals surface area contributed by atoms with Gasteiger partial charge in [0, 0.05) is 57.2 Å². The van der Waals surface area contributed by atoms with E-state index in [4.69, 9.17) is 4.74 Å². The van der Waals surface area contributed by atoms with Crippen LogP contribution in [0.1, 0.15) is 22.5 Å². The molecule has 0 bridgehead atoms. The van der Waals surface area contributed by atoms with Crippen LogP contribution in [0, 0.1) is 13.8 Å². The Morgan fingerprint density at radius 1 is 1.11 bits per heavy atom. The van der Waals surface area contributed by atoms with Crippen LogP contribution >= 0.6 is 24.0 Å². The summed E-state index contributed by atoms with van der Waals surface area (Å²) < 4.78 is 7.33. The number of aryl methyl sites for hydroxylation is 2. The second kappa shape index (κ2) is 10.7. The number of aliphatic imine (C=N–C) groups is 1. The molecule has 7 nitrogen and oxygen atoms in total. The molecule has 0 amide bonds. The number of nitrogens with one attached hydrogen (secondary N) is 2. The molecule has 0 spiro atoms. The molecule has 2 N–H and O–H groups in total. The Labute approximate surface area is 184 Å². The summed E-state index contributed by atoms with van der Waals surface area (Å²) in [5.41, 5.74) is 5.93. The Bertz CT molecular complexity index is 781. The molecule has 2 heterocycles. The van der Waals surface area contributed by atoms with Gasteiger partial charge in [-0.25, -0.2) is 0 Å². The van der Waals surface area contributed by atoms with Crippen molar-refractivity contribution in [2.75, 3.05) is 38.3 Å². The van der Waals surface area contributed by atoms with Gasteiger partial charge in [0.15, 0.2) is 5.96 Å². The number of rotatable bonds is 5. The molecular formula is C20H31IN6O. The fraction of sp³-hybridized carbons (Fsp3) is 0.500. The van der Waals surface area contributed by atoms with E-state index in [1.165, 1.54) is 22.5 Å². The predicted octanol–water partition coefficient (Wildman–Crippen LogP) is 2.36. The van der Waals surface area contributed by atoms with Crippen molar-refractivity contribution in [1.82, 2.24) is 20.4 Å². The highest BCUT2D eigenvalue weighted by Gasteiger charge is 2.11. The summed E-state index contributed by atoms with van der Waals surface area (Å²) in [5.74, 6) is 0.787. The van der Waals surface area contributed by atoms with E-state index in [0.29, 0.717) is 6.54 Å². The lowest BCUT2D eigenvalue weighted by Gasteiger charge is -2.28. The fourth-order valence-corrected chi connectivity index (χ4v) is 3.30. The number of hydrogen-bond donors (Lipinski definition) is 2. The van der Waals surface area contributed by atoms with E-state index in [0.717, 1.165) is 44.5 Å². The van der Waals surface area contributed by atoms with Crippen molar-refractivity contribution in [2.45, 2.75) is 26.9 Å². The first-order valence-electron chi connectivity index (χ1n) is 9.43. The molecule has 3 rings (SSSR count). The lowest BCUT2D eigenvalue weighted by atomic mass is 10.2. The number of guanidine groups is 1. The van der Waals surface area contributed by atoms with Gasteiger partial charge in [-0.2, -0.15) is 5.10 Å². The summed E-state index contributed by atoms with van der Waals surface area (Å²) in [6.07, 6.45) is 0. The first-order valence-corrected chi connectivity index (χ1v) is 9.43. The Morgan fingerprint density at radius 2 is 1.75 bits per heavy atom. The van der Waals surface area contributed by atoms with Crippen molar-refractivity contribution < 1.29 is 4.74 Å². The van der Waals surface area contributed by atoms with Gasteiger partial charge >= 0.3 is 0 Å². The van der Waals surface area contributed by atoms with E-state index < -0.39 is 0 Å². The Kier molecular flexibility index (Phi) is 8.56. The Balaban J connectivity index is 0.00000280. The summed E-state index contributed by atoms with van der Waals surface area (Å²) in [5, 5.41) is 11.2. The first-order chi connectivity index (χ1) is 13.1. The van der Waals surface area contributed by atoms with Crippen molar-refractivity contribution in [2.24, 2.45) is 12.0 Å². The van der Waals surface area contributed by atoms with E-state index in [1.807, 2.05) is 18.7 Å². The topological polar surface area (TPSA) is 66.7 Å². The predicted molar refractivity (Wildman–Crippen MR) is 125 cm³/mol. The number of halogens is 1. The minimum absolute atomic E-state index is 0. The van der Waals surface area contributed by atoms with Gasteiger partial charge in [0.2, 0.25) is 0 Å². The lowest BCUT2D eigenvalue weighted by molar-refractivity contribution is 0.122. The van der Waals surface area contributed by atoms with E-state index >= 15 is 0 Å². The summed E-state index contributed by atoms with van der Waals surface area (Å²) in [6.45, 7) is 9.10. The van der Waals surface area contributed by atoms with Crippen molar-refractivity contribution in [1.29, 1.82) is 0 Å². The number of ether oxygens (including phenoxy) is 1. The standard InChI is InChI=1S/C20H30N6O.HI/c1-15-19(16(2)25(4)24-15)14-23-20(21-3)22-13-17-5-7-18(8-6-17)26-9-11-27-12-10-26;/h5-8H,9-14H2,1-4H3,(H2,21,22,23);1H. The second-order valence-corrected chi connectivity index (χ2v) is 6.82. The van der Waals surface area contributed by atoms with E-state index in [1.54, 1.807) is 7.05 Å². The number of anilines is 1. The van der Waals surface area contributed by atoms with Gasteiger partial charge in [-0.05, 0) is 31.5 Å². The van der Waals surface area contributed by atoms with Crippen molar-refractivity contribution >= 4 is 35.6 Å². The molecule has 8 heteroatoms. The van der Waals surface area contributed by atoms with Crippen LogP contribution in [0.2, 0.25) is 0 Å². The van der Waals surface area contributed by atoms with Crippen LogP contribution in [0.3, 0.4) is 0 Å². The summed E-state index contributed by atoms with van der Waals surface area (Å²) >= 11 is 0. The minimum atomic E-state index is 0. The van der Waals surface area contributed by atoms with Gasteiger partial charge in [0.1, 0.15) is 0 Å². The normalized spacial score (nSPS) is 14.6. The van der Waals surface area contributed by atoms with Crippen molar-refractivity contribution in [3.8, 4) is 0 Å². The van der Waals surface area contributed by atoms with Crippen LogP contribution in [0.25, 0.3) is 0 Å². The smallest absolute Gasteiger partial charge is 0.191 e. The summed E-state index contributed by atoms with van der Waals surface area (Å²) in [4.78, 5) is 6.68. The number of morpholine rings is 1. The maximum absolute atomic E-state index is 5.42. The second-order valence-electron chi connectivity index (χ2n) is 6.82. The molecule has 28 heavy (non-hydrogen) atoms. The first kappa shape index (κ1) is 22.5. The lowest BCUT2D eigenvalue weighted by Crippen LogP contribution is -2.37. The zero-order valence-corrected chi connectivity index (χ0v) is 19.5. The molecule has 0 unspecified atom stereocenters. The van der Waals surface area contributed by atoms with E-state index in [2.05, 4.69) is 56.8 Å². The molecule has 0 saturated carbocycles. The van der Waals surface area contributed by atoms with E-state index in [-0.39, 0.29) is 24.0 Å². The van der Waals surface area contributed by atoms with Crippen LogP contribution in [-0.4, -0.2) is 49.1 Å². The molecule has 1 aliphatic rings. The summed E-state index contributed by atoms with van der Waals surface area (Å²) in [7, 11) is 3.76. The Hall–Kier alpha value is -1.81. The third kappa shape index (κ3) is 5.60. The molecule has 2 aromatic rings. The van der Waals surface area contributed by atoms with Gasteiger partial charge in [-0.15, -0.1) is 24.0 Å². The molecule has 1 aromatic carbocycles. The maximum atomic E-state index is 5.42. The highest BCUT2D eigenvalue weighted by atomic mass is 127. The average molecular weight is 498 g/mol. The Morgan fingerprint density at radius 3 is 2.32 bits per heavy atom. The van der Waals surface area contributed by atoms with Crippen LogP contribution in [0.15, 0.2) is 29.3 Å². The molecule has 1 fully saturated rings. The zero-order chi connectivity index (χ0) is 19.2.